The van der Waals surface area contributed by atoms with Crippen molar-refractivity contribution in [2.45, 2.75) is 65.8 Å². The Balaban J connectivity index is 1.62. The second-order valence-corrected chi connectivity index (χ2v) is 9.18. The number of halogens is 3. The normalized spacial score (nSPS) is 12.0. The SMILES string of the molecule is CCOC(=O)CCc1ccc(OCCC(C)Oc2ccc(OC(F)(F)F)cc2Oc2ccccc2C)cc1CC. The highest BCUT2D eigenvalue weighted by Crippen LogP contribution is 2.38. The van der Waals surface area contributed by atoms with Crippen LogP contribution in [0.2, 0.25) is 0 Å². The molecule has 0 aromatic heterocycles. The molecule has 3 rings (SSSR count). The van der Waals surface area contributed by atoms with Crippen molar-refractivity contribution in [3.63, 3.8) is 0 Å². The Kier molecular flexibility index (Phi) is 11.1. The first-order valence-corrected chi connectivity index (χ1v) is 13.3. The molecule has 0 aliphatic heterocycles. The molecule has 0 bridgehead atoms. The van der Waals surface area contributed by atoms with Gasteiger partial charge in [0.15, 0.2) is 11.5 Å². The van der Waals surface area contributed by atoms with E-state index in [-0.39, 0.29) is 23.6 Å². The fraction of sp³-hybridized carbons (Fsp3) is 0.387. The van der Waals surface area contributed by atoms with Gasteiger partial charge in [-0.25, -0.2) is 0 Å². The van der Waals surface area contributed by atoms with Crippen molar-refractivity contribution in [2.24, 2.45) is 0 Å². The molecule has 0 spiro atoms. The van der Waals surface area contributed by atoms with Gasteiger partial charge in [0.1, 0.15) is 17.2 Å². The highest BCUT2D eigenvalue weighted by Gasteiger charge is 2.31. The van der Waals surface area contributed by atoms with E-state index in [0.717, 1.165) is 29.2 Å². The first kappa shape index (κ1) is 30.7. The van der Waals surface area contributed by atoms with Gasteiger partial charge < -0.3 is 23.7 Å². The first-order valence-electron chi connectivity index (χ1n) is 13.3. The summed E-state index contributed by atoms with van der Waals surface area (Å²) in [6.07, 6.45) is -2.92. The van der Waals surface area contributed by atoms with Crippen molar-refractivity contribution in [3.05, 3.63) is 77.4 Å². The first-order chi connectivity index (χ1) is 19.1. The summed E-state index contributed by atoms with van der Waals surface area (Å²) in [5, 5.41) is 0. The highest BCUT2D eigenvalue weighted by atomic mass is 19.4. The molecule has 216 valence electrons. The number of hydrogen-bond acceptors (Lipinski definition) is 6. The number of alkyl halides is 3. The van der Waals surface area contributed by atoms with Gasteiger partial charge in [-0.1, -0.05) is 31.2 Å². The molecule has 0 heterocycles. The fourth-order valence-electron chi connectivity index (χ4n) is 4.01. The molecular formula is C31H35F3O6. The zero-order valence-corrected chi connectivity index (χ0v) is 23.2. The second kappa shape index (κ2) is 14.5. The van der Waals surface area contributed by atoms with Gasteiger partial charge in [-0.2, -0.15) is 0 Å². The van der Waals surface area contributed by atoms with E-state index in [1.165, 1.54) is 12.1 Å². The number of rotatable bonds is 14. The molecule has 0 N–H and O–H groups in total. The van der Waals surface area contributed by atoms with Crippen LogP contribution < -0.4 is 18.9 Å². The Hall–Kier alpha value is -3.88. The summed E-state index contributed by atoms with van der Waals surface area (Å²) < 4.78 is 65.4. The molecule has 9 heteroatoms. The molecule has 0 saturated carbocycles. The average Bonchev–Trinajstić information content (AvgIpc) is 2.90. The molecule has 0 saturated heterocycles. The maximum Gasteiger partial charge on any atom is 0.573 e. The van der Waals surface area contributed by atoms with E-state index in [1.54, 1.807) is 19.1 Å². The largest absolute Gasteiger partial charge is 0.573 e. The van der Waals surface area contributed by atoms with Crippen molar-refractivity contribution >= 4 is 5.97 Å². The molecular weight excluding hydrogens is 525 g/mol. The van der Waals surface area contributed by atoms with E-state index in [2.05, 4.69) is 4.74 Å². The van der Waals surface area contributed by atoms with E-state index in [9.17, 15) is 18.0 Å². The summed E-state index contributed by atoms with van der Waals surface area (Å²) in [6.45, 7) is 8.24. The lowest BCUT2D eigenvalue weighted by atomic mass is 10.0. The topological polar surface area (TPSA) is 63.2 Å². The Morgan fingerprint density at radius 3 is 2.35 bits per heavy atom. The Morgan fingerprint density at radius 2 is 1.65 bits per heavy atom. The van der Waals surface area contributed by atoms with Gasteiger partial charge in [0.05, 0.1) is 19.3 Å². The summed E-state index contributed by atoms with van der Waals surface area (Å²) in [7, 11) is 0. The number of ether oxygens (including phenoxy) is 5. The fourth-order valence-corrected chi connectivity index (χ4v) is 4.01. The van der Waals surface area contributed by atoms with Gasteiger partial charge in [-0.15, -0.1) is 13.2 Å². The van der Waals surface area contributed by atoms with Crippen LogP contribution in [-0.4, -0.2) is 31.6 Å². The van der Waals surface area contributed by atoms with Crippen molar-refractivity contribution in [1.29, 1.82) is 0 Å². The minimum atomic E-state index is -4.83. The van der Waals surface area contributed by atoms with Crippen molar-refractivity contribution in [1.82, 2.24) is 0 Å². The molecule has 0 aliphatic rings. The molecule has 3 aromatic rings. The zero-order chi connectivity index (χ0) is 29.1. The standard InChI is InChI=1S/C31H35F3O6/c1-5-23-19-25(13-11-24(23)12-16-30(35)36-6-2)37-18-17-22(4)38-28-15-14-26(40-31(32,33)34)20-29(28)39-27-10-8-7-9-21(27)3/h7-11,13-15,19-20,22H,5-6,12,16-18H2,1-4H3. The molecule has 0 radical (unpaired) electrons. The third kappa shape index (κ3) is 9.70. The predicted molar refractivity (Wildman–Crippen MR) is 145 cm³/mol. The Morgan fingerprint density at radius 1 is 0.900 bits per heavy atom. The van der Waals surface area contributed by atoms with E-state index in [0.29, 0.717) is 44.0 Å². The number of para-hydroxylation sites is 1. The predicted octanol–water partition coefficient (Wildman–Crippen LogP) is 7.98. The second-order valence-electron chi connectivity index (χ2n) is 9.18. The van der Waals surface area contributed by atoms with Crippen LogP contribution in [0.15, 0.2) is 60.7 Å². The highest BCUT2D eigenvalue weighted by molar-refractivity contribution is 5.69. The molecule has 1 unspecified atom stereocenters. The van der Waals surface area contributed by atoms with Gasteiger partial charge in [-0.3, -0.25) is 4.79 Å². The average molecular weight is 561 g/mol. The Bertz CT molecular complexity index is 1260. The minimum absolute atomic E-state index is 0.106. The van der Waals surface area contributed by atoms with Crippen LogP contribution in [0.5, 0.6) is 28.7 Å². The quantitative estimate of drug-likeness (QED) is 0.186. The van der Waals surface area contributed by atoms with E-state index in [1.807, 2.05) is 51.1 Å². The lowest BCUT2D eigenvalue weighted by Crippen LogP contribution is -2.18. The van der Waals surface area contributed by atoms with Gasteiger partial charge in [0.25, 0.3) is 0 Å². The van der Waals surface area contributed by atoms with Gasteiger partial charge >= 0.3 is 12.3 Å². The van der Waals surface area contributed by atoms with E-state index in [4.69, 9.17) is 18.9 Å². The van der Waals surface area contributed by atoms with Crippen LogP contribution >= 0.6 is 0 Å². The number of aryl methyl sites for hydroxylation is 3. The Labute approximate surface area is 233 Å². The molecule has 1 atom stereocenters. The van der Waals surface area contributed by atoms with Crippen molar-refractivity contribution in [2.75, 3.05) is 13.2 Å². The van der Waals surface area contributed by atoms with Crippen LogP contribution in [0.4, 0.5) is 13.2 Å². The van der Waals surface area contributed by atoms with Crippen LogP contribution in [0, 0.1) is 6.92 Å². The van der Waals surface area contributed by atoms with E-state index >= 15 is 0 Å². The lowest BCUT2D eigenvalue weighted by molar-refractivity contribution is -0.274. The number of benzene rings is 3. The van der Waals surface area contributed by atoms with Crippen LogP contribution in [0.25, 0.3) is 0 Å². The van der Waals surface area contributed by atoms with Gasteiger partial charge in [-0.05, 0) is 80.6 Å². The number of carbonyl (C=O) groups is 1. The maximum absolute atomic E-state index is 12.8. The number of hydrogen-bond donors (Lipinski definition) is 0. The maximum atomic E-state index is 12.8. The minimum Gasteiger partial charge on any atom is -0.493 e. The zero-order valence-electron chi connectivity index (χ0n) is 23.2. The monoisotopic (exact) mass is 560 g/mol. The van der Waals surface area contributed by atoms with Crippen molar-refractivity contribution in [3.8, 4) is 28.7 Å². The molecule has 0 aliphatic carbocycles. The third-order valence-electron chi connectivity index (χ3n) is 6.05. The number of carbonyl (C=O) groups excluding carboxylic acids is 1. The van der Waals surface area contributed by atoms with Crippen LogP contribution in [0.1, 0.15) is 50.3 Å². The lowest BCUT2D eigenvalue weighted by Gasteiger charge is -2.20. The summed E-state index contributed by atoms with van der Waals surface area (Å²) in [4.78, 5) is 11.7. The van der Waals surface area contributed by atoms with Gasteiger partial charge in [0, 0.05) is 18.9 Å². The summed E-state index contributed by atoms with van der Waals surface area (Å²) in [5.41, 5.74) is 3.00. The van der Waals surface area contributed by atoms with Gasteiger partial charge in [0.2, 0.25) is 0 Å². The summed E-state index contributed by atoms with van der Waals surface area (Å²) in [5.74, 6) is 0.969. The van der Waals surface area contributed by atoms with E-state index < -0.39 is 12.1 Å². The van der Waals surface area contributed by atoms with Crippen LogP contribution in [0.3, 0.4) is 0 Å². The molecule has 40 heavy (non-hydrogen) atoms. The smallest absolute Gasteiger partial charge is 0.493 e. The van der Waals surface area contributed by atoms with Crippen LogP contribution in [-0.2, 0) is 22.4 Å². The van der Waals surface area contributed by atoms with Crippen molar-refractivity contribution < 1.29 is 41.7 Å². The molecule has 0 amide bonds. The molecule has 3 aromatic carbocycles. The number of esters is 1. The third-order valence-corrected chi connectivity index (χ3v) is 6.05. The summed E-state index contributed by atoms with van der Waals surface area (Å²) >= 11 is 0. The molecule has 0 fully saturated rings. The summed E-state index contributed by atoms with van der Waals surface area (Å²) in [6, 6.07) is 16.7. The molecule has 6 nitrogen and oxygen atoms in total.